The number of rotatable bonds is 6. The van der Waals surface area contributed by atoms with E-state index in [0.717, 1.165) is 12.1 Å². The Morgan fingerprint density at radius 2 is 1.88 bits per heavy atom. The third-order valence-electron chi connectivity index (χ3n) is 4.68. The van der Waals surface area contributed by atoms with Crippen LogP contribution in [-0.4, -0.2) is 72.6 Å². The Kier molecular flexibility index (Phi) is 4.45. The maximum atomic E-state index is 2.75. The van der Waals surface area contributed by atoms with Crippen LogP contribution in [0, 0.1) is 0 Å². The summed E-state index contributed by atoms with van der Waals surface area (Å²) in [4.78, 5) is 7.81. The third-order valence-corrected chi connectivity index (χ3v) is 4.68. The van der Waals surface area contributed by atoms with E-state index in [2.05, 4.69) is 42.5 Å². The van der Waals surface area contributed by atoms with Crippen molar-refractivity contribution >= 4 is 0 Å². The van der Waals surface area contributed by atoms with Gasteiger partial charge in [0.05, 0.1) is 0 Å². The van der Waals surface area contributed by atoms with Gasteiger partial charge in [-0.05, 0) is 46.8 Å². The fraction of sp³-hybridized carbons (Fsp3) is 1.00. The lowest BCUT2D eigenvalue weighted by Crippen LogP contribution is -2.68. The lowest BCUT2D eigenvalue weighted by atomic mass is 9.87. The molecule has 3 heterocycles. The van der Waals surface area contributed by atoms with Crippen LogP contribution >= 0.6 is 0 Å². The molecule has 0 aliphatic carbocycles. The van der Waals surface area contributed by atoms with E-state index in [-0.39, 0.29) is 0 Å². The molecule has 3 aliphatic rings. The van der Waals surface area contributed by atoms with E-state index in [1.165, 1.54) is 45.6 Å². The van der Waals surface area contributed by atoms with E-state index in [9.17, 15) is 0 Å². The van der Waals surface area contributed by atoms with Gasteiger partial charge in [0.1, 0.15) is 0 Å². The van der Waals surface area contributed by atoms with Gasteiger partial charge in [0.25, 0.3) is 0 Å². The molecule has 0 aromatic heterocycles. The Morgan fingerprint density at radius 3 is 2.41 bits per heavy atom. The third kappa shape index (κ3) is 3.01. The van der Waals surface area contributed by atoms with Gasteiger partial charge in [-0.15, -0.1) is 0 Å². The van der Waals surface area contributed by atoms with Crippen LogP contribution in [0.5, 0.6) is 0 Å². The Morgan fingerprint density at radius 1 is 1.24 bits per heavy atom. The summed E-state index contributed by atoms with van der Waals surface area (Å²) in [6, 6.07) is 2.43. The highest BCUT2D eigenvalue weighted by atomic mass is 15.4. The molecule has 0 amide bonds. The Bertz CT molecular complexity index is 230. The second-order valence-corrected chi connectivity index (χ2v) is 6.06. The minimum atomic E-state index is 0.682. The van der Waals surface area contributed by atoms with E-state index in [4.69, 9.17) is 0 Å². The normalized spacial score (nSPS) is 30.0. The summed E-state index contributed by atoms with van der Waals surface area (Å²) in [6.07, 6.45) is 2.78. The molecule has 2 atom stereocenters. The topological polar surface area (TPSA) is 9.72 Å². The molecule has 3 fully saturated rings. The SMILES string of the molecule is CCN1CC2CC(C1)N2CCCN(C)C(C)C. The van der Waals surface area contributed by atoms with Gasteiger partial charge < -0.3 is 9.80 Å². The molecule has 0 spiro atoms. The van der Waals surface area contributed by atoms with E-state index >= 15 is 0 Å². The second kappa shape index (κ2) is 5.68. The lowest BCUT2D eigenvalue weighted by Gasteiger charge is -2.56. The lowest BCUT2D eigenvalue weighted by molar-refractivity contribution is -0.0683. The van der Waals surface area contributed by atoms with Crippen molar-refractivity contribution in [2.24, 2.45) is 0 Å². The van der Waals surface area contributed by atoms with Crippen molar-refractivity contribution in [1.29, 1.82) is 0 Å². The molecule has 17 heavy (non-hydrogen) atoms. The first-order chi connectivity index (χ1) is 8.11. The van der Waals surface area contributed by atoms with Gasteiger partial charge in [-0.3, -0.25) is 4.90 Å². The number of piperazine rings is 1. The maximum absolute atomic E-state index is 2.75. The van der Waals surface area contributed by atoms with Gasteiger partial charge in [0, 0.05) is 37.8 Å². The zero-order chi connectivity index (χ0) is 12.4. The van der Waals surface area contributed by atoms with Crippen molar-refractivity contribution in [3.63, 3.8) is 0 Å². The number of fused-ring (bicyclic) bond motifs is 2. The Hall–Kier alpha value is -0.120. The fourth-order valence-electron chi connectivity index (χ4n) is 3.16. The maximum Gasteiger partial charge on any atom is 0.0242 e. The highest BCUT2D eigenvalue weighted by Crippen LogP contribution is 2.31. The molecular formula is C14H29N3. The molecule has 0 saturated carbocycles. The fourth-order valence-corrected chi connectivity index (χ4v) is 3.16. The van der Waals surface area contributed by atoms with E-state index in [1.54, 1.807) is 0 Å². The van der Waals surface area contributed by atoms with E-state index < -0.39 is 0 Å². The van der Waals surface area contributed by atoms with Crippen molar-refractivity contribution in [2.75, 3.05) is 39.8 Å². The molecule has 3 heteroatoms. The molecule has 100 valence electrons. The molecular weight excluding hydrogens is 210 g/mol. The smallest absolute Gasteiger partial charge is 0.0242 e. The summed E-state index contributed by atoms with van der Waals surface area (Å²) >= 11 is 0. The van der Waals surface area contributed by atoms with Gasteiger partial charge in [-0.25, -0.2) is 0 Å². The van der Waals surface area contributed by atoms with Crippen LogP contribution in [0.2, 0.25) is 0 Å². The first kappa shape index (κ1) is 13.3. The van der Waals surface area contributed by atoms with Crippen LogP contribution in [0.1, 0.15) is 33.6 Å². The highest BCUT2D eigenvalue weighted by molar-refractivity contribution is 5.00. The van der Waals surface area contributed by atoms with E-state index in [0.29, 0.717) is 6.04 Å². The minimum absolute atomic E-state index is 0.682. The average Bonchev–Trinajstić information content (AvgIpc) is 2.33. The van der Waals surface area contributed by atoms with Crippen molar-refractivity contribution in [2.45, 2.75) is 51.7 Å². The van der Waals surface area contributed by atoms with Crippen LogP contribution < -0.4 is 0 Å². The molecule has 3 aliphatic heterocycles. The van der Waals surface area contributed by atoms with Crippen LogP contribution in [0.4, 0.5) is 0 Å². The van der Waals surface area contributed by atoms with Crippen LogP contribution in [-0.2, 0) is 0 Å². The van der Waals surface area contributed by atoms with E-state index in [1.807, 2.05) is 0 Å². The zero-order valence-corrected chi connectivity index (χ0v) is 12.0. The van der Waals surface area contributed by atoms with Gasteiger partial charge in [-0.2, -0.15) is 0 Å². The average molecular weight is 239 g/mol. The summed E-state index contributed by atoms with van der Waals surface area (Å²) in [7, 11) is 2.24. The van der Waals surface area contributed by atoms with Crippen molar-refractivity contribution in [3.05, 3.63) is 0 Å². The monoisotopic (exact) mass is 239 g/mol. The van der Waals surface area contributed by atoms with Crippen molar-refractivity contribution < 1.29 is 0 Å². The standard InChI is InChI=1S/C14H29N3/c1-5-16-10-13-9-14(11-16)17(13)8-6-7-15(4)12(2)3/h12-14H,5-11H2,1-4H3. The van der Waals surface area contributed by atoms with Gasteiger partial charge >= 0.3 is 0 Å². The number of hydrogen-bond acceptors (Lipinski definition) is 3. The van der Waals surface area contributed by atoms with Crippen LogP contribution in [0.3, 0.4) is 0 Å². The largest absolute Gasteiger partial charge is 0.304 e. The molecule has 3 rings (SSSR count). The minimum Gasteiger partial charge on any atom is -0.304 e. The molecule has 2 bridgehead atoms. The van der Waals surface area contributed by atoms with Gasteiger partial charge in [0.2, 0.25) is 0 Å². The van der Waals surface area contributed by atoms with Crippen molar-refractivity contribution in [1.82, 2.24) is 14.7 Å². The number of hydrogen-bond donors (Lipinski definition) is 0. The number of likely N-dealkylation sites (N-methyl/N-ethyl adjacent to an activating group) is 1. The Labute approximate surface area is 107 Å². The predicted octanol–water partition coefficient (Wildman–Crippen LogP) is 1.50. The second-order valence-electron chi connectivity index (χ2n) is 6.06. The summed E-state index contributed by atoms with van der Waals surface area (Å²) in [5.41, 5.74) is 0. The summed E-state index contributed by atoms with van der Waals surface area (Å²) in [5, 5.41) is 0. The summed E-state index contributed by atoms with van der Waals surface area (Å²) in [5.74, 6) is 0. The molecule has 0 aromatic carbocycles. The first-order valence-electron chi connectivity index (χ1n) is 7.30. The van der Waals surface area contributed by atoms with Gasteiger partial charge in [0.15, 0.2) is 0 Å². The zero-order valence-electron chi connectivity index (χ0n) is 12.0. The predicted molar refractivity (Wildman–Crippen MR) is 73.4 cm³/mol. The quantitative estimate of drug-likeness (QED) is 0.695. The van der Waals surface area contributed by atoms with Crippen LogP contribution in [0.25, 0.3) is 0 Å². The van der Waals surface area contributed by atoms with Gasteiger partial charge in [-0.1, -0.05) is 6.92 Å². The van der Waals surface area contributed by atoms with Crippen LogP contribution in [0.15, 0.2) is 0 Å². The molecule has 3 nitrogen and oxygen atoms in total. The number of nitrogens with zero attached hydrogens (tertiary/aromatic N) is 3. The highest BCUT2D eigenvalue weighted by Gasteiger charge is 2.43. The summed E-state index contributed by atoms with van der Waals surface area (Å²) in [6.45, 7) is 13.2. The molecule has 0 radical (unpaired) electrons. The first-order valence-corrected chi connectivity index (χ1v) is 7.30. The van der Waals surface area contributed by atoms with Crippen molar-refractivity contribution in [3.8, 4) is 0 Å². The molecule has 2 unspecified atom stereocenters. The molecule has 3 saturated heterocycles. The summed E-state index contributed by atoms with van der Waals surface area (Å²) < 4.78 is 0. The molecule has 0 aromatic rings. The Balaban J connectivity index is 1.65. The number of piperidine rings is 1. The molecule has 0 N–H and O–H groups in total.